The van der Waals surface area contributed by atoms with E-state index in [2.05, 4.69) is 33.0 Å². The van der Waals surface area contributed by atoms with Crippen molar-refractivity contribution in [1.29, 1.82) is 0 Å². The Labute approximate surface area is 98.5 Å². The molecule has 1 saturated heterocycles. The van der Waals surface area contributed by atoms with Gasteiger partial charge in [-0.2, -0.15) is 0 Å². The van der Waals surface area contributed by atoms with Crippen LogP contribution in [-0.4, -0.2) is 32.7 Å². The van der Waals surface area contributed by atoms with Crippen molar-refractivity contribution >= 4 is 5.97 Å². The molecule has 3 nitrogen and oxygen atoms in total. The first-order valence-electron chi connectivity index (χ1n) is 6.11. The summed E-state index contributed by atoms with van der Waals surface area (Å²) >= 11 is 0. The summed E-state index contributed by atoms with van der Waals surface area (Å²) in [6, 6.07) is 0.0266. The summed E-state index contributed by atoms with van der Waals surface area (Å²) in [5, 5.41) is 0. The summed E-state index contributed by atoms with van der Waals surface area (Å²) < 4.78 is 4.81. The lowest BCUT2D eigenvalue weighted by Crippen LogP contribution is -3.12. The second-order valence-corrected chi connectivity index (χ2v) is 5.18. The summed E-state index contributed by atoms with van der Waals surface area (Å²) in [7, 11) is 3.54. The van der Waals surface area contributed by atoms with Crippen LogP contribution in [-0.2, 0) is 9.53 Å². The minimum Gasteiger partial charge on any atom is -0.465 e. The van der Waals surface area contributed by atoms with Crippen LogP contribution in [0.5, 0.6) is 0 Å². The first-order valence-corrected chi connectivity index (χ1v) is 6.11. The molecule has 2 unspecified atom stereocenters. The third-order valence-corrected chi connectivity index (χ3v) is 3.22. The third kappa shape index (κ3) is 3.63. The average Bonchev–Trinajstić information content (AvgIpc) is 2.58. The van der Waals surface area contributed by atoms with E-state index in [1.807, 2.05) is 0 Å². The second kappa shape index (κ2) is 6.04. The number of ether oxygens (including phenoxy) is 1. The van der Waals surface area contributed by atoms with Crippen molar-refractivity contribution in [1.82, 2.24) is 0 Å². The fraction of sp³-hybridized carbons (Fsp3) is 0.769. The molecule has 1 fully saturated rings. The van der Waals surface area contributed by atoms with Gasteiger partial charge in [0, 0.05) is 12.3 Å². The smallest absolute Gasteiger partial charge is 0.364 e. The van der Waals surface area contributed by atoms with Gasteiger partial charge in [-0.05, 0) is 12.3 Å². The molecule has 1 aliphatic heterocycles. The third-order valence-electron chi connectivity index (χ3n) is 3.22. The average molecular weight is 226 g/mol. The van der Waals surface area contributed by atoms with Crippen molar-refractivity contribution in [3.63, 3.8) is 0 Å². The number of hydrogen-bond donors (Lipinski definition) is 1. The standard InChI is InChI=1S/C13H23NO2/c1-10(2)6-5-7-11-8-12(13(15)16-4)14(3)9-11/h5,7,10-12H,6,8-9H2,1-4H3/p+1/b7-5+/t11?,12-/m0/s1. The maximum absolute atomic E-state index is 11.5. The number of esters is 1. The summed E-state index contributed by atoms with van der Waals surface area (Å²) in [6.07, 6.45) is 6.57. The maximum atomic E-state index is 11.5. The van der Waals surface area contributed by atoms with E-state index in [4.69, 9.17) is 4.74 Å². The molecule has 0 radical (unpaired) electrons. The molecule has 1 heterocycles. The van der Waals surface area contributed by atoms with Crippen molar-refractivity contribution in [2.45, 2.75) is 32.7 Å². The summed E-state index contributed by atoms with van der Waals surface area (Å²) in [6.45, 7) is 5.47. The van der Waals surface area contributed by atoms with Crippen molar-refractivity contribution < 1.29 is 14.4 Å². The number of quaternary nitrogens is 1. The van der Waals surface area contributed by atoms with Gasteiger partial charge in [0.1, 0.15) is 0 Å². The van der Waals surface area contributed by atoms with E-state index in [1.165, 1.54) is 12.0 Å². The van der Waals surface area contributed by atoms with Crippen LogP contribution in [0.1, 0.15) is 26.7 Å². The van der Waals surface area contributed by atoms with Crippen LogP contribution in [0.15, 0.2) is 12.2 Å². The lowest BCUT2D eigenvalue weighted by Gasteiger charge is -2.12. The number of rotatable bonds is 4. The van der Waals surface area contributed by atoms with Crippen LogP contribution in [0.2, 0.25) is 0 Å². The molecule has 1 rings (SSSR count). The van der Waals surface area contributed by atoms with Crippen LogP contribution in [0.25, 0.3) is 0 Å². The number of hydrogen-bond acceptors (Lipinski definition) is 2. The molecule has 3 heteroatoms. The van der Waals surface area contributed by atoms with E-state index < -0.39 is 0 Å². The molecule has 0 saturated carbocycles. The zero-order valence-corrected chi connectivity index (χ0v) is 10.8. The largest absolute Gasteiger partial charge is 0.465 e. The van der Waals surface area contributed by atoms with Crippen LogP contribution in [0.3, 0.4) is 0 Å². The van der Waals surface area contributed by atoms with E-state index in [0.29, 0.717) is 11.8 Å². The molecule has 0 amide bonds. The molecule has 0 aromatic rings. The Balaban J connectivity index is 2.44. The zero-order valence-electron chi connectivity index (χ0n) is 10.8. The monoisotopic (exact) mass is 226 g/mol. The Morgan fingerprint density at radius 3 is 2.81 bits per heavy atom. The molecule has 0 aromatic heterocycles. The van der Waals surface area contributed by atoms with Crippen molar-refractivity contribution in [2.75, 3.05) is 20.7 Å². The number of carbonyl (C=O) groups excluding carboxylic acids is 1. The highest BCUT2D eigenvalue weighted by Crippen LogP contribution is 2.13. The molecular formula is C13H24NO2+. The molecule has 0 bridgehead atoms. The van der Waals surface area contributed by atoms with Crippen LogP contribution in [0, 0.1) is 11.8 Å². The molecule has 1 aliphatic rings. The molecule has 0 aromatic carbocycles. The SMILES string of the molecule is COC(=O)[C@@H]1CC(/C=C/CC(C)C)C[NH+]1C. The highest BCUT2D eigenvalue weighted by molar-refractivity contribution is 5.74. The quantitative estimate of drug-likeness (QED) is 0.564. The summed E-state index contributed by atoms with van der Waals surface area (Å²) in [4.78, 5) is 12.8. The number of nitrogens with one attached hydrogen (secondary N) is 1. The fourth-order valence-corrected chi connectivity index (χ4v) is 2.27. The van der Waals surface area contributed by atoms with Crippen LogP contribution in [0.4, 0.5) is 0 Å². The molecular weight excluding hydrogens is 202 g/mol. The topological polar surface area (TPSA) is 30.7 Å². The lowest BCUT2D eigenvalue weighted by atomic mass is 10.0. The number of likely N-dealkylation sites (N-methyl/N-ethyl adjacent to an activating group) is 1. The van der Waals surface area contributed by atoms with E-state index >= 15 is 0 Å². The highest BCUT2D eigenvalue weighted by Gasteiger charge is 2.37. The number of carbonyl (C=O) groups is 1. The number of allylic oxidation sites excluding steroid dienone is 1. The number of methoxy groups -OCH3 is 1. The van der Waals surface area contributed by atoms with Gasteiger partial charge in [0.2, 0.25) is 0 Å². The molecule has 92 valence electrons. The van der Waals surface area contributed by atoms with Crippen molar-refractivity contribution in [2.24, 2.45) is 11.8 Å². The van der Waals surface area contributed by atoms with E-state index in [0.717, 1.165) is 19.4 Å². The zero-order chi connectivity index (χ0) is 12.1. The van der Waals surface area contributed by atoms with Gasteiger partial charge in [0.15, 0.2) is 6.04 Å². The Hall–Kier alpha value is -0.830. The first kappa shape index (κ1) is 13.2. The van der Waals surface area contributed by atoms with Crippen molar-refractivity contribution in [3.05, 3.63) is 12.2 Å². The van der Waals surface area contributed by atoms with Crippen LogP contribution < -0.4 is 4.90 Å². The van der Waals surface area contributed by atoms with Gasteiger partial charge < -0.3 is 9.64 Å². The van der Waals surface area contributed by atoms with Gasteiger partial charge in [-0.15, -0.1) is 0 Å². The first-order chi connectivity index (χ1) is 7.54. The van der Waals surface area contributed by atoms with E-state index in [-0.39, 0.29) is 12.0 Å². The molecule has 16 heavy (non-hydrogen) atoms. The normalized spacial score (nSPS) is 30.2. The predicted molar refractivity (Wildman–Crippen MR) is 64.3 cm³/mol. The summed E-state index contributed by atoms with van der Waals surface area (Å²) in [5.74, 6) is 1.17. The molecule has 0 spiro atoms. The van der Waals surface area contributed by atoms with Gasteiger partial charge in [0.25, 0.3) is 0 Å². The molecule has 1 N–H and O–H groups in total. The molecule has 3 atom stereocenters. The highest BCUT2D eigenvalue weighted by atomic mass is 16.5. The van der Waals surface area contributed by atoms with Gasteiger partial charge in [-0.25, -0.2) is 4.79 Å². The second-order valence-electron chi connectivity index (χ2n) is 5.18. The fourth-order valence-electron chi connectivity index (χ4n) is 2.27. The Kier molecular flexibility index (Phi) is 5.00. The van der Waals surface area contributed by atoms with Gasteiger partial charge in [0.05, 0.1) is 20.7 Å². The minimum absolute atomic E-state index is 0.0266. The maximum Gasteiger partial charge on any atom is 0.364 e. The Morgan fingerprint density at radius 2 is 2.25 bits per heavy atom. The van der Waals surface area contributed by atoms with E-state index in [9.17, 15) is 4.79 Å². The predicted octanol–water partition coefficient (Wildman–Crippen LogP) is 0.665. The Morgan fingerprint density at radius 1 is 1.56 bits per heavy atom. The summed E-state index contributed by atoms with van der Waals surface area (Å²) in [5.41, 5.74) is 0. The minimum atomic E-state index is -0.0720. The lowest BCUT2D eigenvalue weighted by molar-refractivity contribution is -0.884. The van der Waals surface area contributed by atoms with Gasteiger partial charge in [-0.3, -0.25) is 0 Å². The molecule has 0 aliphatic carbocycles. The number of likely N-dealkylation sites (tertiary alicyclic amines) is 1. The van der Waals surface area contributed by atoms with Gasteiger partial charge >= 0.3 is 5.97 Å². The van der Waals surface area contributed by atoms with Crippen molar-refractivity contribution in [3.8, 4) is 0 Å². The van der Waals surface area contributed by atoms with Gasteiger partial charge in [-0.1, -0.05) is 26.0 Å². The van der Waals surface area contributed by atoms with E-state index in [1.54, 1.807) is 0 Å². The Bertz CT molecular complexity index is 261. The van der Waals surface area contributed by atoms with Crippen LogP contribution >= 0.6 is 0 Å².